The third kappa shape index (κ3) is 3.35. The van der Waals surface area contributed by atoms with E-state index in [0.717, 1.165) is 24.1 Å². The summed E-state index contributed by atoms with van der Waals surface area (Å²) in [5.41, 5.74) is 2.39. The van der Waals surface area contributed by atoms with Crippen LogP contribution in [0.2, 0.25) is 0 Å². The number of H-pyrrole nitrogens is 1. The van der Waals surface area contributed by atoms with Gasteiger partial charge in [0.1, 0.15) is 5.82 Å². The number of hydrogen-bond donors (Lipinski definition) is 1. The first kappa shape index (κ1) is 16.2. The average Bonchev–Trinajstić information content (AvgIpc) is 2.65. The standard InChI is InChI=1S/C16H24FN3S/c1-10(2)19(11(3)4)6-7-20-15-8-12(5)13(17)9-14(15)18-16(20)21/h8-11H,6-7H2,1-5H3,(H,18,21). The van der Waals surface area contributed by atoms with E-state index < -0.39 is 0 Å². The lowest BCUT2D eigenvalue weighted by molar-refractivity contribution is 0.168. The fraction of sp³-hybridized carbons (Fsp3) is 0.562. The van der Waals surface area contributed by atoms with Gasteiger partial charge in [-0.3, -0.25) is 4.90 Å². The van der Waals surface area contributed by atoms with Crippen LogP contribution in [-0.2, 0) is 6.54 Å². The van der Waals surface area contributed by atoms with Gasteiger partial charge in [0.05, 0.1) is 11.0 Å². The van der Waals surface area contributed by atoms with Crippen molar-refractivity contribution in [2.75, 3.05) is 6.54 Å². The Morgan fingerprint density at radius 2 is 1.86 bits per heavy atom. The lowest BCUT2D eigenvalue weighted by Crippen LogP contribution is -2.39. The molecule has 0 spiro atoms. The molecule has 1 heterocycles. The van der Waals surface area contributed by atoms with Crippen molar-refractivity contribution in [2.45, 2.75) is 53.2 Å². The van der Waals surface area contributed by atoms with E-state index in [1.807, 2.05) is 6.07 Å². The molecule has 5 heteroatoms. The first-order valence-corrected chi connectivity index (χ1v) is 7.86. The van der Waals surface area contributed by atoms with Crippen LogP contribution in [0, 0.1) is 17.5 Å². The van der Waals surface area contributed by atoms with Crippen molar-refractivity contribution < 1.29 is 4.39 Å². The van der Waals surface area contributed by atoms with Gasteiger partial charge in [-0.25, -0.2) is 4.39 Å². The zero-order valence-electron chi connectivity index (χ0n) is 13.4. The van der Waals surface area contributed by atoms with Gasteiger partial charge in [0, 0.05) is 25.2 Å². The van der Waals surface area contributed by atoms with Crippen LogP contribution in [0.4, 0.5) is 4.39 Å². The number of benzene rings is 1. The molecule has 0 aliphatic rings. The molecule has 0 aliphatic carbocycles. The summed E-state index contributed by atoms with van der Waals surface area (Å²) >= 11 is 5.39. The second-order valence-electron chi connectivity index (χ2n) is 6.13. The number of nitrogens with zero attached hydrogens (tertiary/aromatic N) is 2. The van der Waals surface area contributed by atoms with Crippen LogP contribution >= 0.6 is 12.2 Å². The molecule has 0 bridgehead atoms. The number of fused-ring (bicyclic) bond motifs is 1. The number of hydrogen-bond acceptors (Lipinski definition) is 2. The summed E-state index contributed by atoms with van der Waals surface area (Å²) in [5.74, 6) is -0.197. The molecule has 0 fully saturated rings. The molecule has 0 radical (unpaired) electrons. The van der Waals surface area contributed by atoms with Crippen LogP contribution in [-0.4, -0.2) is 33.1 Å². The molecular weight excluding hydrogens is 285 g/mol. The summed E-state index contributed by atoms with van der Waals surface area (Å²) in [7, 11) is 0. The summed E-state index contributed by atoms with van der Waals surface area (Å²) < 4.78 is 16.4. The third-order valence-corrected chi connectivity index (χ3v) is 4.29. The van der Waals surface area contributed by atoms with Crippen molar-refractivity contribution in [2.24, 2.45) is 0 Å². The minimum absolute atomic E-state index is 0.197. The van der Waals surface area contributed by atoms with Gasteiger partial charge in [0.25, 0.3) is 0 Å². The number of aromatic nitrogens is 2. The highest BCUT2D eigenvalue weighted by Crippen LogP contribution is 2.19. The second kappa shape index (κ2) is 6.28. The molecule has 0 atom stereocenters. The van der Waals surface area contributed by atoms with Crippen LogP contribution in [0.15, 0.2) is 12.1 Å². The molecule has 116 valence electrons. The molecular formula is C16H24FN3S. The van der Waals surface area contributed by atoms with Gasteiger partial charge in [-0.2, -0.15) is 0 Å². The lowest BCUT2D eigenvalue weighted by Gasteiger charge is -2.30. The van der Waals surface area contributed by atoms with Crippen molar-refractivity contribution in [1.29, 1.82) is 0 Å². The van der Waals surface area contributed by atoms with Crippen LogP contribution in [0.3, 0.4) is 0 Å². The van der Waals surface area contributed by atoms with Crippen LogP contribution in [0.1, 0.15) is 33.3 Å². The quantitative estimate of drug-likeness (QED) is 0.834. The van der Waals surface area contributed by atoms with Crippen LogP contribution in [0.25, 0.3) is 11.0 Å². The van der Waals surface area contributed by atoms with E-state index in [4.69, 9.17) is 12.2 Å². The Morgan fingerprint density at radius 3 is 2.43 bits per heavy atom. The number of nitrogens with one attached hydrogen (secondary N) is 1. The Labute approximate surface area is 130 Å². The van der Waals surface area contributed by atoms with Crippen molar-refractivity contribution in [3.05, 3.63) is 28.3 Å². The average molecular weight is 309 g/mol. The maximum absolute atomic E-state index is 13.6. The van der Waals surface area contributed by atoms with Crippen LogP contribution in [0.5, 0.6) is 0 Å². The van der Waals surface area contributed by atoms with Crippen molar-refractivity contribution >= 4 is 23.3 Å². The summed E-state index contributed by atoms with van der Waals surface area (Å²) in [6.45, 7) is 12.3. The molecule has 0 aliphatic heterocycles. The van der Waals surface area contributed by atoms with Gasteiger partial charge in [0.2, 0.25) is 0 Å². The molecule has 1 aromatic heterocycles. The molecule has 0 amide bonds. The van der Waals surface area contributed by atoms with E-state index in [-0.39, 0.29) is 5.82 Å². The predicted octanol–water partition coefficient (Wildman–Crippen LogP) is 4.27. The molecule has 2 rings (SSSR count). The summed E-state index contributed by atoms with van der Waals surface area (Å²) in [6, 6.07) is 4.37. The van der Waals surface area contributed by atoms with Gasteiger partial charge in [-0.05, 0) is 64.5 Å². The monoisotopic (exact) mass is 309 g/mol. The molecule has 3 nitrogen and oxygen atoms in total. The summed E-state index contributed by atoms with van der Waals surface area (Å²) in [5, 5.41) is 0. The van der Waals surface area contributed by atoms with E-state index >= 15 is 0 Å². The Kier molecular flexibility index (Phi) is 4.84. The second-order valence-corrected chi connectivity index (χ2v) is 6.51. The molecule has 21 heavy (non-hydrogen) atoms. The SMILES string of the molecule is Cc1cc2c(cc1F)[nH]c(=S)n2CCN(C(C)C)C(C)C. The lowest BCUT2D eigenvalue weighted by atomic mass is 10.2. The smallest absolute Gasteiger partial charge is 0.178 e. The van der Waals surface area contributed by atoms with Crippen LogP contribution < -0.4 is 0 Å². The first-order valence-electron chi connectivity index (χ1n) is 7.45. The maximum Gasteiger partial charge on any atom is 0.178 e. The summed E-state index contributed by atoms with van der Waals surface area (Å²) in [6.07, 6.45) is 0. The Morgan fingerprint density at radius 1 is 1.24 bits per heavy atom. The van der Waals surface area contributed by atoms with Gasteiger partial charge in [-0.1, -0.05) is 0 Å². The number of aromatic amines is 1. The van der Waals surface area contributed by atoms with Gasteiger partial charge in [0.15, 0.2) is 4.77 Å². The highest BCUT2D eigenvalue weighted by atomic mass is 32.1. The zero-order chi connectivity index (χ0) is 15.7. The fourth-order valence-electron chi connectivity index (χ4n) is 2.83. The fourth-order valence-corrected chi connectivity index (χ4v) is 3.13. The Hall–Kier alpha value is -1.20. The largest absolute Gasteiger partial charge is 0.330 e. The zero-order valence-corrected chi connectivity index (χ0v) is 14.2. The number of imidazole rings is 1. The normalized spacial score (nSPS) is 12.2. The van der Waals surface area contributed by atoms with Gasteiger partial charge >= 0.3 is 0 Å². The third-order valence-electron chi connectivity index (χ3n) is 3.96. The van der Waals surface area contributed by atoms with E-state index in [9.17, 15) is 4.39 Å². The topological polar surface area (TPSA) is 24.0 Å². The van der Waals surface area contributed by atoms with Gasteiger partial charge in [-0.15, -0.1) is 0 Å². The van der Waals surface area contributed by atoms with Crippen molar-refractivity contribution in [1.82, 2.24) is 14.5 Å². The van der Waals surface area contributed by atoms with Crippen molar-refractivity contribution in [3.63, 3.8) is 0 Å². The highest BCUT2D eigenvalue weighted by molar-refractivity contribution is 7.71. The van der Waals surface area contributed by atoms with E-state index in [1.165, 1.54) is 6.07 Å². The first-order chi connectivity index (χ1) is 9.81. The number of rotatable bonds is 5. The predicted molar refractivity (Wildman–Crippen MR) is 88.8 cm³/mol. The molecule has 0 saturated heterocycles. The number of halogens is 1. The molecule has 1 aromatic carbocycles. The minimum atomic E-state index is -0.197. The Balaban J connectivity index is 2.32. The molecule has 1 N–H and O–H groups in total. The van der Waals surface area contributed by atoms with Gasteiger partial charge < -0.3 is 9.55 Å². The van der Waals surface area contributed by atoms with E-state index in [2.05, 4.69) is 42.1 Å². The Bertz CT molecular complexity index is 677. The maximum atomic E-state index is 13.6. The molecule has 0 saturated carbocycles. The van der Waals surface area contributed by atoms with E-state index in [1.54, 1.807) is 6.92 Å². The molecule has 2 aromatic rings. The highest BCUT2D eigenvalue weighted by Gasteiger charge is 2.14. The van der Waals surface area contributed by atoms with Crippen molar-refractivity contribution in [3.8, 4) is 0 Å². The summed E-state index contributed by atoms with van der Waals surface area (Å²) in [4.78, 5) is 5.52. The minimum Gasteiger partial charge on any atom is -0.330 e. The number of aryl methyl sites for hydroxylation is 1. The van der Waals surface area contributed by atoms with E-state index in [0.29, 0.717) is 22.4 Å². The molecule has 0 unspecified atom stereocenters.